The second kappa shape index (κ2) is 5.92. The smallest absolute Gasteiger partial charge is 0.124 e. The zero-order valence-electron chi connectivity index (χ0n) is 11.5. The monoisotopic (exact) mass is 312 g/mol. The lowest BCUT2D eigenvalue weighted by Crippen LogP contribution is -2.21. The van der Waals surface area contributed by atoms with E-state index in [1.165, 1.54) is 0 Å². The highest BCUT2D eigenvalue weighted by Crippen LogP contribution is 2.30. The van der Waals surface area contributed by atoms with Crippen molar-refractivity contribution < 1.29 is 4.74 Å². The molecule has 0 bridgehead atoms. The molecule has 2 heterocycles. The molecular formula is C15H18Cl2N2O. The van der Waals surface area contributed by atoms with Crippen LogP contribution in [0.15, 0.2) is 18.2 Å². The maximum atomic E-state index is 6.23. The van der Waals surface area contributed by atoms with Crippen LogP contribution in [-0.4, -0.2) is 22.3 Å². The lowest BCUT2D eigenvalue weighted by Gasteiger charge is -2.19. The average Bonchev–Trinajstić information content (AvgIpc) is 3.05. The third-order valence-corrected chi connectivity index (χ3v) is 4.64. The number of rotatable bonds is 4. The molecule has 0 spiro atoms. The fraction of sp³-hybridized carbons (Fsp3) is 0.533. The SMILES string of the molecule is CCC1OCCC1Cn1c(CCl)nc2c(Cl)cccc21. The van der Waals surface area contributed by atoms with E-state index in [9.17, 15) is 0 Å². The minimum atomic E-state index is 0.342. The molecule has 0 amide bonds. The summed E-state index contributed by atoms with van der Waals surface area (Å²) in [5, 5.41) is 0.683. The summed E-state index contributed by atoms with van der Waals surface area (Å²) in [7, 11) is 0. The van der Waals surface area contributed by atoms with Gasteiger partial charge in [0.25, 0.3) is 0 Å². The van der Waals surface area contributed by atoms with E-state index in [4.69, 9.17) is 27.9 Å². The topological polar surface area (TPSA) is 27.1 Å². The van der Waals surface area contributed by atoms with E-state index in [1.54, 1.807) is 0 Å². The van der Waals surface area contributed by atoms with E-state index in [-0.39, 0.29) is 0 Å². The van der Waals surface area contributed by atoms with Crippen molar-refractivity contribution in [2.75, 3.05) is 6.61 Å². The first-order chi connectivity index (χ1) is 9.74. The fourth-order valence-electron chi connectivity index (χ4n) is 3.05. The molecule has 5 heteroatoms. The van der Waals surface area contributed by atoms with Gasteiger partial charge in [-0.05, 0) is 25.0 Å². The van der Waals surface area contributed by atoms with Crippen LogP contribution in [0.25, 0.3) is 11.0 Å². The van der Waals surface area contributed by atoms with Crippen molar-refractivity contribution >= 4 is 34.2 Å². The Labute approximate surface area is 128 Å². The van der Waals surface area contributed by atoms with Gasteiger partial charge in [0, 0.05) is 19.1 Å². The number of para-hydroxylation sites is 1. The highest BCUT2D eigenvalue weighted by Gasteiger charge is 2.28. The summed E-state index contributed by atoms with van der Waals surface area (Å²) in [5.74, 6) is 1.81. The maximum Gasteiger partial charge on any atom is 0.124 e. The summed E-state index contributed by atoms with van der Waals surface area (Å²) < 4.78 is 7.98. The molecule has 0 radical (unpaired) electrons. The minimum Gasteiger partial charge on any atom is -0.378 e. The Hall–Kier alpha value is -0.770. The van der Waals surface area contributed by atoms with Gasteiger partial charge in [-0.3, -0.25) is 0 Å². The molecule has 1 saturated heterocycles. The van der Waals surface area contributed by atoms with E-state index in [1.807, 2.05) is 12.1 Å². The number of hydrogen-bond acceptors (Lipinski definition) is 2. The van der Waals surface area contributed by atoms with Gasteiger partial charge in [0.15, 0.2) is 0 Å². The van der Waals surface area contributed by atoms with Gasteiger partial charge in [-0.15, -0.1) is 11.6 Å². The predicted molar refractivity (Wildman–Crippen MR) is 82.4 cm³/mol. The van der Waals surface area contributed by atoms with Crippen LogP contribution in [0.2, 0.25) is 5.02 Å². The molecule has 1 aliphatic rings. The quantitative estimate of drug-likeness (QED) is 0.789. The van der Waals surface area contributed by atoms with Crippen molar-refractivity contribution in [1.29, 1.82) is 0 Å². The number of benzene rings is 1. The second-order valence-electron chi connectivity index (χ2n) is 5.25. The lowest BCUT2D eigenvalue weighted by molar-refractivity contribution is 0.0836. The molecule has 1 aliphatic heterocycles. The molecule has 108 valence electrons. The van der Waals surface area contributed by atoms with Crippen molar-refractivity contribution in [3.63, 3.8) is 0 Å². The van der Waals surface area contributed by atoms with E-state index in [0.29, 0.717) is 22.9 Å². The first kappa shape index (κ1) is 14.2. The van der Waals surface area contributed by atoms with Crippen LogP contribution < -0.4 is 0 Å². The molecule has 0 N–H and O–H groups in total. The highest BCUT2D eigenvalue weighted by atomic mass is 35.5. The second-order valence-corrected chi connectivity index (χ2v) is 5.92. The van der Waals surface area contributed by atoms with Crippen LogP contribution in [0.3, 0.4) is 0 Å². The molecule has 1 aromatic heterocycles. The molecule has 0 saturated carbocycles. The first-order valence-electron chi connectivity index (χ1n) is 7.05. The van der Waals surface area contributed by atoms with Crippen molar-refractivity contribution in [1.82, 2.24) is 9.55 Å². The standard InChI is InChI=1S/C15H18Cl2N2O/c1-2-13-10(6-7-20-13)9-19-12-5-3-4-11(17)15(12)18-14(19)8-16/h3-5,10,13H,2,6-9H2,1H3. The molecule has 20 heavy (non-hydrogen) atoms. The molecule has 2 atom stereocenters. The van der Waals surface area contributed by atoms with Crippen molar-refractivity contribution in [3.05, 3.63) is 29.0 Å². The Morgan fingerprint density at radius 3 is 3.05 bits per heavy atom. The normalized spacial score (nSPS) is 22.8. The molecule has 3 rings (SSSR count). The molecule has 3 nitrogen and oxygen atoms in total. The minimum absolute atomic E-state index is 0.342. The molecular weight excluding hydrogens is 295 g/mol. The van der Waals surface area contributed by atoms with Crippen LogP contribution >= 0.6 is 23.2 Å². The Bertz CT molecular complexity index is 611. The van der Waals surface area contributed by atoms with Gasteiger partial charge >= 0.3 is 0 Å². The van der Waals surface area contributed by atoms with Gasteiger partial charge in [0.1, 0.15) is 11.3 Å². The van der Waals surface area contributed by atoms with Gasteiger partial charge in [-0.2, -0.15) is 0 Å². The maximum absolute atomic E-state index is 6.23. The van der Waals surface area contributed by atoms with Crippen LogP contribution in [0.1, 0.15) is 25.6 Å². The van der Waals surface area contributed by atoms with Gasteiger partial charge in [-0.1, -0.05) is 24.6 Å². The summed E-state index contributed by atoms with van der Waals surface area (Å²) >= 11 is 12.3. The van der Waals surface area contributed by atoms with Crippen molar-refractivity contribution in [3.8, 4) is 0 Å². The third-order valence-electron chi connectivity index (χ3n) is 4.09. The number of fused-ring (bicyclic) bond motifs is 1. The first-order valence-corrected chi connectivity index (χ1v) is 7.97. The van der Waals surface area contributed by atoms with Crippen molar-refractivity contribution in [2.24, 2.45) is 5.92 Å². The number of nitrogens with zero attached hydrogens (tertiary/aromatic N) is 2. The zero-order valence-corrected chi connectivity index (χ0v) is 13.0. The van der Waals surface area contributed by atoms with Gasteiger partial charge < -0.3 is 9.30 Å². The van der Waals surface area contributed by atoms with Crippen LogP contribution in [0.5, 0.6) is 0 Å². The van der Waals surface area contributed by atoms with E-state index >= 15 is 0 Å². The Morgan fingerprint density at radius 2 is 2.30 bits per heavy atom. The summed E-state index contributed by atoms with van der Waals surface area (Å²) in [6, 6.07) is 5.89. The average molecular weight is 313 g/mol. The summed E-state index contributed by atoms with van der Waals surface area (Å²) in [5.41, 5.74) is 1.91. The van der Waals surface area contributed by atoms with Crippen molar-refractivity contribution in [2.45, 2.75) is 38.3 Å². The number of hydrogen-bond donors (Lipinski definition) is 0. The van der Waals surface area contributed by atoms with Gasteiger partial charge in [0.05, 0.1) is 22.5 Å². The van der Waals surface area contributed by atoms with Crippen LogP contribution in [0, 0.1) is 5.92 Å². The Balaban J connectivity index is 1.99. The number of aromatic nitrogens is 2. The predicted octanol–water partition coefficient (Wildman–Crippen LogP) is 4.24. The lowest BCUT2D eigenvalue weighted by atomic mass is 9.99. The van der Waals surface area contributed by atoms with Gasteiger partial charge in [-0.25, -0.2) is 4.98 Å². The molecule has 2 unspecified atom stereocenters. The zero-order chi connectivity index (χ0) is 14.1. The number of ether oxygens (including phenoxy) is 1. The molecule has 2 aromatic rings. The summed E-state index contributed by atoms with van der Waals surface area (Å²) in [4.78, 5) is 4.58. The van der Waals surface area contributed by atoms with Crippen LogP contribution in [-0.2, 0) is 17.2 Å². The number of alkyl halides is 1. The Morgan fingerprint density at radius 1 is 1.45 bits per heavy atom. The summed E-state index contributed by atoms with van der Waals surface area (Å²) in [6.45, 7) is 3.93. The van der Waals surface area contributed by atoms with E-state index in [2.05, 4.69) is 22.5 Å². The number of imidazole rings is 1. The fourth-order valence-corrected chi connectivity index (χ4v) is 3.47. The van der Waals surface area contributed by atoms with E-state index in [0.717, 1.165) is 42.9 Å². The largest absolute Gasteiger partial charge is 0.378 e. The number of halogens is 2. The third kappa shape index (κ3) is 2.43. The summed E-state index contributed by atoms with van der Waals surface area (Å²) in [6.07, 6.45) is 2.49. The molecule has 1 aromatic carbocycles. The van der Waals surface area contributed by atoms with Gasteiger partial charge in [0.2, 0.25) is 0 Å². The highest BCUT2D eigenvalue weighted by molar-refractivity contribution is 6.35. The molecule has 0 aliphatic carbocycles. The van der Waals surface area contributed by atoms with Crippen LogP contribution in [0.4, 0.5) is 0 Å². The molecule has 1 fully saturated rings. The Kier molecular flexibility index (Phi) is 4.20. The van der Waals surface area contributed by atoms with E-state index < -0.39 is 0 Å².